The van der Waals surface area contributed by atoms with Crippen molar-refractivity contribution >= 4 is 0 Å². The van der Waals surface area contributed by atoms with Gasteiger partial charge in [0.1, 0.15) is 12.4 Å². The van der Waals surface area contributed by atoms with Crippen molar-refractivity contribution in [2.75, 3.05) is 20.3 Å². The molecule has 1 aliphatic rings. The molecular formula is C14H14O4. The second-order valence-corrected chi connectivity index (χ2v) is 4.15. The van der Waals surface area contributed by atoms with E-state index < -0.39 is 0 Å². The van der Waals surface area contributed by atoms with Crippen LogP contribution in [-0.2, 0) is 4.74 Å². The molecule has 0 saturated heterocycles. The molecule has 2 aromatic rings. The average Bonchev–Trinajstić information content (AvgIpc) is 2.92. The molecule has 4 nitrogen and oxygen atoms in total. The summed E-state index contributed by atoms with van der Waals surface area (Å²) in [7, 11) is 1.65. The van der Waals surface area contributed by atoms with Crippen LogP contribution in [0.25, 0.3) is 11.3 Å². The standard InChI is InChI=1S/C14H14O4/c1-15-8-11-9-17-13-5-4-10(7-14(13)18-11)12-3-2-6-16-12/h2-7,11H,8-9H2,1H3. The molecule has 0 amide bonds. The van der Waals surface area contributed by atoms with Gasteiger partial charge in [0.25, 0.3) is 0 Å². The van der Waals surface area contributed by atoms with Crippen LogP contribution in [0.2, 0.25) is 0 Å². The van der Waals surface area contributed by atoms with Gasteiger partial charge in [-0.2, -0.15) is 0 Å². The maximum atomic E-state index is 5.82. The van der Waals surface area contributed by atoms with Gasteiger partial charge in [0.2, 0.25) is 0 Å². The number of benzene rings is 1. The Kier molecular flexibility index (Phi) is 2.94. The van der Waals surface area contributed by atoms with E-state index in [9.17, 15) is 0 Å². The molecule has 1 aliphatic heterocycles. The molecule has 0 spiro atoms. The molecule has 0 saturated carbocycles. The largest absolute Gasteiger partial charge is 0.486 e. The van der Waals surface area contributed by atoms with Gasteiger partial charge in [0.15, 0.2) is 17.6 Å². The van der Waals surface area contributed by atoms with E-state index in [1.54, 1.807) is 13.4 Å². The van der Waals surface area contributed by atoms with E-state index in [1.807, 2.05) is 30.3 Å². The van der Waals surface area contributed by atoms with Crippen molar-refractivity contribution in [3.05, 3.63) is 36.6 Å². The fourth-order valence-corrected chi connectivity index (χ4v) is 1.98. The lowest BCUT2D eigenvalue weighted by molar-refractivity contribution is 0.0272. The van der Waals surface area contributed by atoms with Crippen molar-refractivity contribution in [3.63, 3.8) is 0 Å². The van der Waals surface area contributed by atoms with Crippen LogP contribution >= 0.6 is 0 Å². The molecule has 0 bridgehead atoms. The Labute approximate surface area is 105 Å². The molecule has 3 rings (SSSR count). The first-order valence-electron chi connectivity index (χ1n) is 5.83. The number of fused-ring (bicyclic) bond motifs is 1. The molecule has 2 heterocycles. The molecule has 1 unspecified atom stereocenters. The highest BCUT2D eigenvalue weighted by Gasteiger charge is 2.21. The Bertz CT molecular complexity index is 519. The summed E-state index contributed by atoms with van der Waals surface area (Å²) < 4.78 is 21.9. The quantitative estimate of drug-likeness (QED) is 0.835. The highest BCUT2D eigenvalue weighted by molar-refractivity contribution is 5.62. The minimum Gasteiger partial charge on any atom is -0.486 e. The molecule has 0 fully saturated rings. The molecule has 1 atom stereocenters. The van der Waals surface area contributed by atoms with Gasteiger partial charge in [0, 0.05) is 12.7 Å². The van der Waals surface area contributed by atoms with Crippen LogP contribution in [-0.4, -0.2) is 26.4 Å². The Morgan fingerprint density at radius 1 is 1.28 bits per heavy atom. The minimum atomic E-state index is -0.0608. The lowest BCUT2D eigenvalue weighted by atomic mass is 10.1. The molecule has 0 N–H and O–H groups in total. The maximum Gasteiger partial charge on any atom is 0.162 e. The Morgan fingerprint density at radius 2 is 2.22 bits per heavy atom. The van der Waals surface area contributed by atoms with Gasteiger partial charge in [-0.05, 0) is 30.3 Å². The Hall–Kier alpha value is -1.94. The third-order valence-electron chi connectivity index (χ3n) is 2.82. The van der Waals surface area contributed by atoms with Crippen molar-refractivity contribution in [2.24, 2.45) is 0 Å². The highest BCUT2D eigenvalue weighted by Crippen LogP contribution is 2.35. The van der Waals surface area contributed by atoms with Gasteiger partial charge >= 0.3 is 0 Å². The fraction of sp³-hybridized carbons (Fsp3) is 0.286. The van der Waals surface area contributed by atoms with Crippen LogP contribution in [0.3, 0.4) is 0 Å². The summed E-state index contributed by atoms with van der Waals surface area (Å²) in [6.45, 7) is 1.03. The van der Waals surface area contributed by atoms with Gasteiger partial charge < -0.3 is 18.6 Å². The summed E-state index contributed by atoms with van der Waals surface area (Å²) in [4.78, 5) is 0. The second-order valence-electron chi connectivity index (χ2n) is 4.15. The van der Waals surface area contributed by atoms with Crippen LogP contribution in [0.1, 0.15) is 0 Å². The first-order chi connectivity index (χ1) is 8.86. The number of ether oxygens (including phenoxy) is 3. The predicted octanol–water partition coefficient (Wildman–Crippen LogP) is 2.73. The van der Waals surface area contributed by atoms with E-state index in [-0.39, 0.29) is 6.10 Å². The second kappa shape index (κ2) is 4.74. The third-order valence-corrected chi connectivity index (χ3v) is 2.82. The summed E-state index contributed by atoms with van der Waals surface area (Å²) >= 11 is 0. The SMILES string of the molecule is COCC1COc2ccc(-c3ccco3)cc2O1. The number of hydrogen-bond donors (Lipinski definition) is 0. The molecule has 1 aromatic carbocycles. The van der Waals surface area contributed by atoms with Gasteiger partial charge in [-0.3, -0.25) is 0 Å². The van der Waals surface area contributed by atoms with Crippen LogP contribution in [0, 0.1) is 0 Å². The van der Waals surface area contributed by atoms with Gasteiger partial charge in [-0.15, -0.1) is 0 Å². The van der Waals surface area contributed by atoms with Crippen molar-refractivity contribution in [2.45, 2.75) is 6.10 Å². The van der Waals surface area contributed by atoms with Crippen molar-refractivity contribution in [1.29, 1.82) is 0 Å². The molecule has 1 aromatic heterocycles. The number of hydrogen-bond acceptors (Lipinski definition) is 4. The minimum absolute atomic E-state index is 0.0608. The van der Waals surface area contributed by atoms with Gasteiger partial charge in [-0.25, -0.2) is 0 Å². The Balaban J connectivity index is 1.88. The van der Waals surface area contributed by atoms with Crippen LogP contribution < -0.4 is 9.47 Å². The summed E-state index contributed by atoms with van der Waals surface area (Å²) in [6, 6.07) is 9.56. The van der Waals surface area contributed by atoms with Crippen molar-refractivity contribution < 1.29 is 18.6 Å². The van der Waals surface area contributed by atoms with Crippen LogP contribution in [0.5, 0.6) is 11.5 Å². The maximum absolute atomic E-state index is 5.82. The molecule has 0 aliphatic carbocycles. The zero-order valence-corrected chi connectivity index (χ0v) is 10.1. The summed E-state index contributed by atoms with van der Waals surface area (Å²) in [5, 5.41) is 0. The van der Waals surface area contributed by atoms with E-state index in [0.29, 0.717) is 13.2 Å². The zero-order chi connectivity index (χ0) is 12.4. The zero-order valence-electron chi connectivity index (χ0n) is 10.1. The fourth-order valence-electron chi connectivity index (χ4n) is 1.98. The highest BCUT2D eigenvalue weighted by atomic mass is 16.6. The van der Waals surface area contributed by atoms with E-state index >= 15 is 0 Å². The molecule has 18 heavy (non-hydrogen) atoms. The topological polar surface area (TPSA) is 40.8 Å². The lowest BCUT2D eigenvalue weighted by Gasteiger charge is -2.26. The summed E-state index contributed by atoms with van der Waals surface area (Å²) in [6.07, 6.45) is 1.59. The first-order valence-corrected chi connectivity index (χ1v) is 5.83. The monoisotopic (exact) mass is 246 g/mol. The molecule has 94 valence electrons. The van der Waals surface area contributed by atoms with E-state index in [4.69, 9.17) is 18.6 Å². The van der Waals surface area contributed by atoms with Gasteiger partial charge in [-0.1, -0.05) is 0 Å². The first kappa shape index (κ1) is 11.2. The molecule has 4 heteroatoms. The average molecular weight is 246 g/mol. The van der Waals surface area contributed by atoms with Crippen LogP contribution in [0.4, 0.5) is 0 Å². The van der Waals surface area contributed by atoms with E-state index in [1.165, 1.54) is 0 Å². The lowest BCUT2D eigenvalue weighted by Crippen LogP contribution is -2.32. The van der Waals surface area contributed by atoms with Crippen LogP contribution in [0.15, 0.2) is 41.0 Å². The smallest absolute Gasteiger partial charge is 0.162 e. The van der Waals surface area contributed by atoms with Crippen molar-refractivity contribution in [1.82, 2.24) is 0 Å². The third kappa shape index (κ3) is 2.07. The van der Waals surface area contributed by atoms with E-state index in [2.05, 4.69) is 0 Å². The number of furan rings is 1. The normalized spacial score (nSPS) is 17.7. The Morgan fingerprint density at radius 3 is 3.00 bits per heavy atom. The summed E-state index contributed by atoms with van der Waals surface area (Å²) in [5.74, 6) is 2.31. The van der Waals surface area contributed by atoms with Crippen molar-refractivity contribution in [3.8, 4) is 22.8 Å². The molecule has 0 radical (unpaired) electrons. The number of methoxy groups -OCH3 is 1. The predicted molar refractivity (Wildman–Crippen MR) is 65.9 cm³/mol. The van der Waals surface area contributed by atoms with Gasteiger partial charge in [0.05, 0.1) is 12.9 Å². The summed E-state index contributed by atoms with van der Waals surface area (Å²) in [5.41, 5.74) is 0.973. The molecular weight excluding hydrogens is 232 g/mol. The number of rotatable bonds is 3. The van der Waals surface area contributed by atoms with E-state index in [0.717, 1.165) is 22.8 Å².